The molecule has 58 heavy (non-hydrogen) atoms. The minimum atomic E-state index is -1.65. The van der Waals surface area contributed by atoms with Crippen molar-refractivity contribution in [1.82, 2.24) is 0 Å². The number of ether oxygens (including phenoxy) is 5. The summed E-state index contributed by atoms with van der Waals surface area (Å²) >= 11 is 1.41. The van der Waals surface area contributed by atoms with Gasteiger partial charge in [-0.25, -0.2) is 0 Å². The van der Waals surface area contributed by atoms with Crippen LogP contribution in [0.1, 0.15) is 57.0 Å². The Morgan fingerprint density at radius 1 is 0.569 bits per heavy atom. The van der Waals surface area contributed by atoms with Gasteiger partial charge in [-0.2, -0.15) is 0 Å². The molecule has 1 saturated heterocycles. The molecule has 0 amide bonds. The van der Waals surface area contributed by atoms with Gasteiger partial charge in [0.1, 0.15) is 24.1 Å². The van der Waals surface area contributed by atoms with Crippen LogP contribution in [0.25, 0.3) is 0 Å². The molecule has 1 aliphatic heterocycles. The minimum absolute atomic E-state index is 0.255. The van der Waals surface area contributed by atoms with Gasteiger partial charge in [0.15, 0.2) is 4.93 Å². The lowest BCUT2D eigenvalue weighted by molar-refractivity contribution is -0.199. The van der Waals surface area contributed by atoms with Crippen molar-refractivity contribution in [2.24, 2.45) is 0 Å². The van der Waals surface area contributed by atoms with Gasteiger partial charge < -0.3 is 28.8 Å². The van der Waals surface area contributed by atoms with Crippen LogP contribution in [-0.2, 0) is 63.1 Å². The Bertz CT molecular complexity index is 2130. The van der Waals surface area contributed by atoms with E-state index in [0.717, 1.165) is 39.8 Å². The fourth-order valence-electron chi connectivity index (χ4n) is 7.55. The van der Waals surface area contributed by atoms with Crippen molar-refractivity contribution >= 4 is 11.8 Å². The van der Waals surface area contributed by atoms with E-state index in [0.29, 0.717) is 44.2 Å². The highest BCUT2D eigenvalue weighted by molar-refractivity contribution is 8.00. The molecule has 1 heterocycles. The van der Waals surface area contributed by atoms with Crippen LogP contribution in [0.3, 0.4) is 0 Å². The third-order valence-corrected chi connectivity index (χ3v) is 12.3. The van der Waals surface area contributed by atoms with Gasteiger partial charge in [0.2, 0.25) is 0 Å². The highest BCUT2D eigenvalue weighted by atomic mass is 32.2. The normalized spacial score (nSPS) is 20.5. The molecule has 6 nitrogen and oxygen atoms in total. The molecule has 1 fully saturated rings. The van der Waals surface area contributed by atoms with Crippen LogP contribution in [0, 0.1) is 6.92 Å². The van der Waals surface area contributed by atoms with E-state index < -0.39 is 23.2 Å². The molecule has 6 aromatic carbocycles. The van der Waals surface area contributed by atoms with Gasteiger partial charge in [0, 0.05) is 5.56 Å². The summed E-state index contributed by atoms with van der Waals surface area (Å²) < 4.78 is 33.6. The van der Waals surface area contributed by atoms with Gasteiger partial charge in [-0.15, -0.1) is 11.8 Å². The van der Waals surface area contributed by atoms with E-state index in [9.17, 15) is 5.11 Å². The first-order valence-corrected chi connectivity index (χ1v) is 21.1. The predicted molar refractivity (Wildman–Crippen MR) is 233 cm³/mol. The molecule has 0 spiro atoms. The Balaban J connectivity index is 1.33. The zero-order valence-corrected chi connectivity index (χ0v) is 34.5. The number of hydrogen-bond donors (Lipinski definition) is 1. The summed E-state index contributed by atoms with van der Waals surface area (Å²) in [6.07, 6.45) is -0.455. The molecule has 6 aromatic rings. The molecule has 300 valence electrons. The van der Waals surface area contributed by atoms with E-state index in [-0.39, 0.29) is 11.9 Å². The zero-order chi connectivity index (χ0) is 40.2. The van der Waals surface area contributed by atoms with Gasteiger partial charge in [-0.3, -0.25) is 0 Å². The molecule has 1 N–H and O–H groups in total. The van der Waals surface area contributed by atoms with E-state index in [1.165, 1.54) is 22.9 Å². The molecular formula is C51H54O6S. The Kier molecular flexibility index (Phi) is 14.5. The highest BCUT2D eigenvalue weighted by Gasteiger charge is 2.57. The van der Waals surface area contributed by atoms with Crippen LogP contribution in [0.4, 0.5) is 0 Å². The SMILES string of the molecule is CCc1ccc(Cc2cc(C3(O)S[C@H](COCc4ccccc4)[C@@H](OCc4ccccc4)[C@H](OCc4ccccc4)[C@H]3OCc3ccccc3)c(OC)cc2C)cc1. The summed E-state index contributed by atoms with van der Waals surface area (Å²) in [6.45, 7) is 5.88. The van der Waals surface area contributed by atoms with Crippen molar-refractivity contribution in [3.63, 3.8) is 0 Å². The molecule has 1 aliphatic rings. The summed E-state index contributed by atoms with van der Waals surface area (Å²) in [6, 6.07) is 53.4. The van der Waals surface area contributed by atoms with Crippen LogP contribution in [0.15, 0.2) is 158 Å². The molecule has 7 heteroatoms. The molecule has 0 bridgehead atoms. The van der Waals surface area contributed by atoms with Gasteiger partial charge in [0.25, 0.3) is 0 Å². The maximum atomic E-state index is 13.7. The maximum Gasteiger partial charge on any atom is 0.168 e. The van der Waals surface area contributed by atoms with Crippen molar-refractivity contribution in [3.8, 4) is 5.75 Å². The molecule has 5 atom stereocenters. The second kappa shape index (κ2) is 20.3. The summed E-state index contributed by atoms with van der Waals surface area (Å²) in [5.74, 6) is 0.584. The summed E-state index contributed by atoms with van der Waals surface area (Å²) in [4.78, 5) is -1.65. The average molecular weight is 795 g/mol. The van der Waals surface area contributed by atoms with Gasteiger partial charge in [-0.05, 0) is 76.4 Å². The average Bonchev–Trinajstić information content (AvgIpc) is 3.27. The van der Waals surface area contributed by atoms with Crippen molar-refractivity contribution in [3.05, 3.63) is 208 Å². The van der Waals surface area contributed by atoms with E-state index in [4.69, 9.17) is 23.7 Å². The Labute approximate surface area is 348 Å². The number of hydrogen-bond acceptors (Lipinski definition) is 7. The maximum absolute atomic E-state index is 13.7. The van der Waals surface area contributed by atoms with E-state index >= 15 is 0 Å². The largest absolute Gasteiger partial charge is 0.496 e. The zero-order valence-electron chi connectivity index (χ0n) is 33.7. The fraction of sp³-hybridized carbons (Fsp3) is 0.294. The Hall–Kier alpha value is -4.73. The van der Waals surface area contributed by atoms with Crippen molar-refractivity contribution < 1.29 is 28.8 Å². The van der Waals surface area contributed by atoms with Crippen molar-refractivity contribution in [2.45, 2.75) is 81.6 Å². The highest BCUT2D eigenvalue weighted by Crippen LogP contribution is 2.53. The second-order valence-electron chi connectivity index (χ2n) is 14.9. The molecule has 7 rings (SSSR count). The topological polar surface area (TPSA) is 66.4 Å². The second-order valence-corrected chi connectivity index (χ2v) is 16.4. The third kappa shape index (κ3) is 10.5. The van der Waals surface area contributed by atoms with Crippen LogP contribution >= 0.6 is 11.8 Å². The lowest BCUT2D eigenvalue weighted by Gasteiger charge is -2.50. The van der Waals surface area contributed by atoms with E-state index in [2.05, 4.69) is 68.4 Å². The lowest BCUT2D eigenvalue weighted by atomic mass is 9.89. The Morgan fingerprint density at radius 2 is 1.05 bits per heavy atom. The first-order chi connectivity index (χ1) is 28.4. The number of thioether (sulfide) groups is 1. The lowest BCUT2D eigenvalue weighted by Crippen LogP contribution is -2.61. The molecule has 1 unspecified atom stereocenters. The molecule has 0 radical (unpaired) electrons. The number of aryl methyl sites for hydroxylation is 2. The standard InChI is InChI=1S/C51H54O6S/c1-4-38-25-27-39(28-26-38)30-44-31-45(46(53-3)29-37(44)2)51(52)50(57-35-43-23-15-8-16-24-43)49(56-34-42-21-13-7-14-22-42)48(55-33-41-19-11-6-12-20-41)47(58-51)36-54-32-40-17-9-5-10-18-40/h5-29,31,47-50,52H,4,30,32-36H2,1-3H3/t47-,48-,49+,50-,51?/m1/s1. The van der Waals surface area contributed by atoms with Crippen LogP contribution in [0.2, 0.25) is 0 Å². The Morgan fingerprint density at radius 3 is 1.57 bits per heavy atom. The first kappa shape index (κ1) is 41.4. The van der Waals surface area contributed by atoms with Crippen molar-refractivity contribution in [1.29, 1.82) is 0 Å². The van der Waals surface area contributed by atoms with Gasteiger partial charge in [0.05, 0.1) is 45.4 Å². The van der Waals surface area contributed by atoms with E-state index in [1.807, 2.05) is 103 Å². The minimum Gasteiger partial charge on any atom is -0.496 e. The quantitative estimate of drug-likeness (QED) is 0.0929. The molecule has 0 saturated carbocycles. The fourth-order valence-corrected chi connectivity index (χ4v) is 9.16. The van der Waals surface area contributed by atoms with Gasteiger partial charge in [-0.1, -0.05) is 153 Å². The summed E-state index contributed by atoms with van der Waals surface area (Å²) in [5.41, 5.74) is 9.40. The number of rotatable bonds is 18. The first-order valence-electron chi connectivity index (χ1n) is 20.2. The summed E-state index contributed by atoms with van der Waals surface area (Å²) in [5, 5.41) is 13.3. The molecular weight excluding hydrogens is 741 g/mol. The smallest absolute Gasteiger partial charge is 0.168 e. The molecule has 0 aromatic heterocycles. The summed E-state index contributed by atoms with van der Waals surface area (Å²) in [7, 11) is 1.66. The van der Waals surface area contributed by atoms with Crippen LogP contribution in [0.5, 0.6) is 5.75 Å². The number of aliphatic hydroxyl groups is 1. The third-order valence-electron chi connectivity index (χ3n) is 10.8. The monoisotopic (exact) mass is 794 g/mol. The van der Waals surface area contributed by atoms with Crippen LogP contribution < -0.4 is 4.74 Å². The van der Waals surface area contributed by atoms with Gasteiger partial charge >= 0.3 is 0 Å². The predicted octanol–water partition coefficient (Wildman–Crippen LogP) is 10.4. The number of methoxy groups -OCH3 is 1. The number of benzene rings is 6. The van der Waals surface area contributed by atoms with Crippen molar-refractivity contribution in [2.75, 3.05) is 13.7 Å². The molecule has 0 aliphatic carbocycles. The van der Waals surface area contributed by atoms with E-state index in [1.54, 1.807) is 7.11 Å². The van der Waals surface area contributed by atoms with Crippen LogP contribution in [-0.4, -0.2) is 42.4 Å².